The fourth-order valence-electron chi connectivity index (χ4n) is 5.67. The molecule has 1 aromatic carbocycles. The number of amides is 2. The van der Waals surface area contributed by atoms with Crippen molar-refractivity contribution >= 4 is 11.8 Å². The molecule has 1 fully saturated rings. The van der Waals surface area contributed by atoms with E-state index in [1.165, 1.54) is 0 Å². The average Bonchev–Trinajstić information content (AvgIpc) is 3.10. The number of likely N-dealkylation sites (tertiary alicyclic amines) is 1. The van der Waals surface area contributed by atoms with E-state index in [-0.39, 0.29) is 35.1 Å². The van der Waals surface area contributed by atoms with Gasteiger partial charge >= 0.3 is 0 Å². The maximum Gasteiger partial charge on any atom is 0.255 e. The minimum absolute atomic E-state index is 0.0386. The van der Waals surface area contributed by atoms with Crippen LogP contribution in [0.1, 0.15) is 54.2 Å². The van der Waals surface area contributed by atoms with Gasteiger partial charge in [0.25, 0.3) is 11.5 Å². The summed E-state index contributed by atoms with van der Waals surface area (Å²) in [5.74, 6) is 0.538. The van der Waals surface area contributed by atoms with Crippen molar-refractivity contribution < 1.29 is 9.59 Å². The van der Waals surface area contributed by atoms with Crippen molar-refractivity contribution in [1.82, 2.24) is 14.4 Å². The zero-order chi connectivity index (χ0) is 21.7. The first-order chi connectivity index (χ1) is 15.0. The largest absolute Gasteiger partial charge is 0.340 e. The van der Waals surface area contributed by atoms with Crippen LogP contribution < -0.4 is 5.56 Å². The van der Waals surface area contributed by atoms with Crippen LogP contribution >= 0.6 is 0 Å². The highest BCUT2D eigenvalue weighted by Crippen LogP contribution is 2.36. The molecule has 0 spiro atoms. The van der Waals surface area contributed by atoms with Crippen LogP contribution in [0.5, 0.6) is 0 Å². The summed E-state index contributed by atoms with van der Waals surface area (Å²) in [6, 6.07) is 12.7. The quantitative estimate of drug-likeness (QED) is 0.766. The van der Waals surface area contributed by atoms with Crippen molar-refractivity contribution in [2.24, 2.45) is 11.8 Å². The summed E-state index contributed by atoms with van der Waals surface area (Å²) in [6.07, 6.45) is 1.84. The monoisotopic (exact) mass is 419 g/mol. The lowest BCUT2D eigenvalue weighted by Crippen LogP contribution is -2.56. The average molecular weight is 420 g/mol. The summed E-state index contributed by atoms with van der Waals surface area (Å²) in [7, 11) is 0. The Morgan fingerprint density at radius 1 is 1.06 bits per heavy atom. The van der Waals surface area contributed by atoms with Gasteiger partial charge in [-0.1, -0.05) is 44.5 Å². The second kappa shape index (κ2) is 7.66. The highest BCUT2D eigenvalue weighted by Gasteiger charge is 2.43. The number of rotatable bonds is 4. The van der Waals surface area contributed by atoms with Crippen molar-refractivity contribution in [3.05, 3.63) is 69.6 Å². The zero-order valence-electron chi connectivity index (χ0n) is 18.2. The molecule has 1 saturated heterocycles. The van der Waals surface area contributed by atoms with Crippen LogP contribution in [0.4, 0.5) is 0 Å². The molecule has 0 N–H and O–H groups in total. The second-order valence-corrected chi connectivity index (χ2v) is 9.36. The lowest BCUT2D eigenvalue weighted by atomic mass is 9.82. The Kier molecular flexibility index (Phi) is 4.95. The van der Waals surface area contributed by atoms with E-state index in [9.17, 15) is 14.4 Å². The number of benzene rings is 1. The number of nitrogens with zero attached hydrogens (tertiary/aromatic N) is 3. The number of pyridine rings is 1. The number of carbonyl (C=O) groups excluding carboxylic acids is 2. The van der Waals surface area contributed by atoms with Gasteiger partial charge in [0.05, 0.1) is 0 Å². The van der Waals surface area contributed by atoms with E-state index in [0.29, 0.717) is 31.7 Å². The SMILES string of the molecule is CC[C@H](C)[C@H](C(=O)N1C[C@H]2C[C@@H](C1)c1cccc(=O)n1C2)N1Cc2ccccc2C1=O. The highest BCUT2D eigenvalue weighted by atomic mass is 16.2. The van der Waals surface area contributed by atoms with Crippen molar-refractivity contribution in [2.75, 3.05) is 13.1 Å². The molecule has 6 nitrogen and oxygen atoms in total. The predicted octanol–water partition coefficient (Wildman–Crippen LogP) is 2.86. The summed E-state index contributed by atoms with van der Waals surface area (Å²) >= 11 is 0. The lowest BCUT2D eigenvalue weighted by molar-refractivity contribution is -0.141. The molecule has 2 bridgehead atoms. The van der Waals surface area contributed by atoms with E-state index in [1.807, 2.05) is 45.9 Å². The maximum absolute atomic E-state index is 13.9. The molecule has 3 aliphatic rings. The molecule has 0 aliphatic carbocycles. The van der Waals surface area contributed by atoms with Crippen molar-refractivity contribution in [3.63, 3.8) is 0 Å². The van der Waals surface area contributed by atoms with Crippen LogP contribution in [0.3, 0.4) is 0 Å². The van der Waals surface area contributed by atoms with Gasteiger partial charge < -0.3 is 14.4 Å². The summed E-state index contributed by atoms with van der Waals surface area (Å²) in [6.45, 7) is 6.56. The Labute approximate surface area is 182 Å². The molecule has 1 aromatic heterocycles. The molecule has 0 saturated carbocycles. The van der Waals surface area contributed by atoms with Gasteiger partial charge in [-0.25, -0.2) is 0 Å². The molecular weight excluding hydrogens is 390 g/mol. The van der Waals surface area contributed by atoms with E-state index in [0.717, 1.165) is 24.1 Å². The Morgan fingerprint density at radius 3 is 2.65 bits per heavy atom. The van der Waals surface area contributed by atoms with Gasteiger partial charge in [0.15, 0.2) is 0 Å². The van der Waals surface area contributed by atoms with Crippen LogP contribution in [0.15, 0.2) is 47.3 Å². The number of hydrogen-bond acceptors (Lipinski definition) is 3. The molecule has 4 heterocycles. The van der Waals surface area contributed by atoms with Crippen LogP contribution in [0.2, 0.25) is 0 Å². The van der Waals surface area contributed by atoms with Gasteiger partial charge in [0, 0.05) is 49.4 Å². The number of hydrogen-bond donors (Lipinski definition) is 0. The molecule has 5 rings (SSSR count). The summed E-state index contributed by atoms with van der Waals surface area (Å²) in [5.41, 5.74) is 2.79. The summed E-state index contributed by atoms with van der Waals surface area (Å²) in [4.78, 5) is 43.1. The molecule has 0 unspecified atom stereocenters. The van der Waals surface area contributed by atoms with Gasteiger partial charge in [0.1, 0.15) is 6.04 Å². The van der Waals surface area contributed by atoms with Crippen LogP contribution in [0, 0.1) is 11.8 Å². The topological polar surface area (TPSA) is 62.6 Å². The third-order valence-corrected chi connectivity index (χ3v) is 7.41. The standard InChI is InChI=1S/C25H29N3O3/c1-3-16(2)23(28-15-18-7-4-5-8-20(18)24(28)30)25(31)26-12-17-11-19(14-26)21-9-6-10-22(29)27(21)13-17/h4-10,16-17,19,23H,3,11-15H2,1-2H3/t16-,17+,19-,23+/m0/s1. The minimum atomic E-state index is -0.457. The first-order valence-electron chi connectivity index (χ1n) is 11.3. The Morgan fingerprint density at radius 2 is 1.87 bits per heavy atom. The predicted molar refractivity (Wildman–Crippen MR) is 118 cm³/mol. The Balaban J connectivity index is 1.43. The normalized spacial score (nSPS) is 23.9. The van der Waals surface area contributed by atoms with Gasteiger partial charge in [0.2, 0.25) is 5.91 Å². The Hall–Kier alpha value is -2.89. The van der Waals surface area contributed by atoms with E-state index >= 15 is 0 Å². The highest BCUT2D eigenvalue weighted by molar-refractivity contribution is 6.01. The number of aromatic nitrogens is 1. The van der Waals surface area contributed by atoms with Crippen LogP contribution in [-0.4, -0.2) is 45.3 Å². The third-order valence-electron chi connectivity index (χ3n) is 7.41. The second-order valence-electron chi connectivity index (χ2n) is 9.36. The molecule has 0 radical (unpaired) electrons. The summed E-state index contributed by atoms with van der Waals surface area (Å²) in [5, 5.41) is 0. The molecule has 31 heavy (non-hydrogen) atoms. The van der Waals surface area contributed by atoms with E-state index in [2.05, 4.69) is 13.8 Å². The fraction of sp³-hybridized carbons (Fsp3) is 0.480. The smallest absolute Gasteiger partial charge is 0.255 e. The van der Waals surface area contributed by atoms with Crippen LogP contribution in [0.25, 0.3) is 0 Å². The lowest BCUT2D eigenvalue weighted by Gasteiger charge is -2.45. The van der Waals surface area contributed by atoms with Gasteiger partial charge in [-0.05, 0) is 36.0 Å². The van der Waals surface area contributed by atoms with Gasteiger partial charge in [-0.2, -0.15) is 0 Å². The first-order valence-corrected chi connectivity index (χ1v) is 11.3. The van der Waals surface area contributed by atoms with Crippen molar-refractivity contribution in [2.45, 2.75) is 51.7 Å². The fourth-order valence-corrected chi connectivity index (χ4v) is 5.67. The number of fused-ring (bicyclic) bond motifs is 5. The van der Waals surface area contributed by atoms with Crippen LogP contribution in [-0.2, 0) is 17.9 Å². The zero-order valence-corrected chi connectivity index (χ0v) is 18.2. The summed E-state index contributed by atoms with van der Waals surface area (Å²) < 4.78 is 1.88. The molecular formula is C25H29N3O3. The third kappa shape index (κ3) is 3.29. The van der Waals surface area contributed by atoms with E-state index in [4.69, 9.17) is 0 Å². The van der Waals surface area contributed by atoms with Gasteiger partial charge in [-0.3, -0.25) is 14.4 Å². The molecule has 6 heteroatoms. The van der Waals surface area contributed by atoms with E-state index < -0.39 is 6.04 Å². The first kappa shape index (κ1) is 20.0. The maximum atomic E-state index is 13.9. The molecule has 162 valence electrons. The number of piperidine rings is 1. The van der Waals surface area contributed by atoms with Crippen molar-refractivity contribution in [3.8, 4) is 0 Å². The van der Waals surface area contributed by atoms with E-state index in [1.54, 1.807) is 11.0 Å². The number of carbonyl (C=O) groups is 2. The van der Waals surface area contributed by atoms with Gasteiger partial charge in [-0.15, -0.1) is 0 Å². The molecule has 2 amide bonds. The Bertz CT molecular complexity index is 1090. The molecule has 4 atom stereocenters. The van der Waals surface area contributed by atoms with Crippen molar-refractivity contribution in [1.29, 1.82) is 0 Å². The molecule has 3 aliphatic heterocycles. The molecule has 2 aromatic rings. The minimum Gasteiger partial charge on any atom is -0.340 e.